The number of aryl methyl sites for hydroxylation is 7. The molecule has 3 heteroatoms. The van der Waals surface area contributed by atoms with Gasteiger partial charge in [-0.3, -0.25) is 4.99 Å². The molecular weight excluding hydrogens is 459 g/mol. The van der Waals surface area contributed by atoms with Crippen LogP contribution in [0.15, 0.2) is 83.5 Å². The normalized spacial score (nSPS) is 14.2. The number of aromatic amines is 1. The predicted octanol–water partition coefficient (Wildman–Crippen LogP) is 6.48. The third-order valence-corrected chi connectivity index (χ3v) is 7.72. The molecule has 2 heterocycles. The lowest BCUT2D eigenvalue weighted by Crippen LogP contribution is -2.55. The van der Waals surface area contributed by atoms with Crippen molar-refractivity contribution < 1.29 is 0 Å². The molecule has 0 atom stereocenters. The Labute approximate surface area is 228 Å². The number of nitrogens with one attached hydrogen (secondary N) is 1. The van der Waals surface area contributed by atoms with Crippen molar-refractivity contribution in [3.8, 4) is 0 Å². The van der Waals surface area contributed by atoms with E-state index in [9.17, 15) is 0 Å². The van der Waals surface area contributed by atoms with E-state index in [4.69, 9.17) is 4.99 Å². The summed E-state index contributed by atoms with van der Waals surface area (Å²) in [5, 5.41) is 0. The van der Waals surface area contributed by atoms with E-state index in [1.54, 1.807) is 0 Å². The van der Waals surface area contributed by atoms with Crippen molar-refractivity contribution in [1.82, 2.24) is 4.98 Å². The van der Waals surface area contributed by atoms with Crippen LogP contribution in [0.3, 0.4) is 0 Å². The SMILES string of the molecule is CC1=N/C(=C(\c2ccc(B(c3c(C)cc(C)cc3C)c3c(C)cc(C)cc3C)cc2)c2ccc(C)[nH]2)C=C1. The van der Waals surface area contributed by atoms with Gasteiger partial charge in [-0.2, -0.15) is 0 Å². The Morgan fingerprint density at radius 1 is 0.632 bits per heavy atom. The molecule has 3 aromatic carbocycles. The first kappa shape index (κ1) is 25.8. The highest BCUT2D eigenvalue weighted by atomic mass is 14.8. The Kier molecular flexibility index (Phi) is 6.88. The molecule has 5 rings (SSSR count). The van der Waals surface area contributed by atoms with Gasteiger partial charge in [0, 0.05) is 22.7 Å². The van der Waals surface area contributed by atoms with Gasteiger partial charge in [0.05, 0.1) is 5.70 Å². The van der Waals surface area contributed by atoms with Gasteiger partial charge < -0.3 is 4.98 Å². The fourth-order valence-corrected chi connectivity index (χ4v) is 6.31. The second-order valence-corrected chi connectivity index (χ2v) is 11.1. The third kappa shape index (κ3) is 4.86. The Bertz CT molecular complexity index is 1520. The lowest BCUT2D eigenvalue weighted by Gasteiger charge is -2.25. The van der Waals surface area contributed by atoms with Crippen molar-refractivity contribution in [3.63, 3.8) is 0 Å². The highest BCUT2D eigenvalue weighted by molar-refractivity contribution is 6.96. The standard InChI is InChI=1S/C35H37BN2/c1-21-17-23(3)34(24(4)18-21)36(35-25(5)19-22(2)20-26(35)6)30-13-11-29(12-14-30)33(31-15-9-27(7)37-31)32-16-10-28(8)38-32/h9-20,37H,1-8H3/b33-32+. The summed E-state index contributed by atoms with van der Waals surface area (Å²) in [6.45, 7) is 17.7. The van der Waals surface area contributed by atoms with Crippen LogP contribution >= 0.6 is 0 Å². The van der Waals surface area contributed by atoms with Crippen molar-refractivity contribution in [1.29, 1.82) is 0 Å². The topological polar surface area (TPSA) is 28.1 Å². The molecule has 0 saturated carbocycles. The van der Waals surface area contributed by atoms with E-state index in [-0.39, 0.29) is 6.71 Å². The van der Waals surface area contributed by atoms with Crippen LogP contribution in [0.1, 0.15) is 57.3 Å². The number of aromatic nitrogens is 1. The van der Waals surface area contributed by atoms with Crippen LogP contribution in [0.25, 0.3) is 5.57 Å². The van der Waals surface area contributed by atoms with Crippen LogP contribution in [-0.4, -0.2) is 17.4 Å². The van der Waals surface area contributed by atoms with Crippen molar-refractivity contribution >= 4 is 34.4 Å². The predicted molar refractivity (Wildman–Crippen MR) is 166 cm³/mol. The molecule has 1 aromatic heterocycles. The van der Waals surface area contributed by atoms with Crippen LogP contribution in [0, 0.1) is 48.5 Å². The van der Waals surface area contributed by atoms with Crippen LogP contribution in [0.2, 0.25) is 0 Å². The van der Waals surface area contributed by atoms with E-state index >= 15 is 0 Å². The molecule has 38 heavy (non-hydrogen) atoms. The average molecular weight is 497 g/mol. The largest absolute Gasteiger partial charge is 0.359 e. The molecule has 0 bridgehead atoms. The molecule has 0 radical (unpaired) electrons. The van der Waals surface area contributed by atoms with Crippen LogP contribution < -0.4 is 16.4 Å². The number of nitrogens with zero attached hydrogens (tertiary/aromatic N) is 1. The summed E-state index contributed by atoms with van der Waals surface area (Å²) in [5.41, 5.74) is 18.7. The molecule has 0 spiro atoms. The molecule has 2 nitrogen and oxygen atoms in total. The lowest BCUT2D eigenvalue weighted by molar-refractivity contribution is 1.23. The Balaban J connectivity index is 1.70. The van der Waals surface area contributed by atoms with Gasteiger partial charge in [0.15, 0.2) is 0 Å². The van der Waals surface area contributed by atoms with Crippen LogP contribution in [0.5, 0.6) is 0 Å². The van der Waals surface area contributed by atoms with Crippen molar-refractivity contribution in [2.45, 2.75) is 55.4 Å². The first-order valence-electron chi connectivity index (χ1n) is 13.5. The number of H-pyrrole nitrogens is 1. The highest BCUT2D eigenvalue weighted by Gasteiger charge is 2.28. The highest BCUT2D eigenvalue weighted by Crippen LogP contribution is 2.29. The number of aliphatic imine (C=N–C) groups is 1. The Morgan fingerprint density at radius 3 is 1.58 bits per heavy atom. The first-order valence-corrected chi connectivity index (χ1v) is 13.5. The minimum absolute atomic E-state index is 0.167. The molecule has 0 unspecified atom stereocenters. The van der Waals surface area contributed by atoms with Gasteiger partial charge in [-0.15, -0.1) is 0 Å². The van der Waals surface area contributed by atoms with Gasteiger partial charge in [-0.05, 0) is 85.2 Å². The molecule has 0 amide bonds. The maximum absolute atomic E-state index is 4.83. The molecule has 190 valence electrons. The van der Waals surface area contributed by atoms with E-state index in [1.165, 1.54) is 55.3 Å². The summed E-state index contributed by atoms with van der Waals surface area (Å²) >= 11 is 0. The molecule has 4 aromatic rings. The van der Waals surface area contributed by atoms with Crippen molar-refractivity contribution in [2.24, 2.45) is 4.99 Å². The molecule has 0 saturated heterocycles. The zero-order valence-corrected chi connectivity index (χ0v) is 24.0. The summed E-state index contributed by atoms with van der Waals surface area (Å²) in [4.78, 5) is 8.37. The summed E-state index contributed by atoms with van der Waals surface area (Å²) in [7, 11) is 0. The van der Waals surface area contributed by atoms with E-state index in [0.717, 1.165) is 28.4 Å². The van der Waals surface area contributed by atoms with Gasteiger partial charge in [0.1, 0.15) is 0 Å². The zero-order chi connectivity index (χ0) is 27.1. The number of hydrogen-bond acceptors (Lipinski definition) is 1. The Morgan fingerprint density at radius 2 is 1.16 bits per heavy atom. The quantitative estimate of drug-likeness (QED) is 0.307. The second kappa shape index (κ2) is 10.1. The second-order valence-electron chi connectivity index (χ2n) is 11.1. The minimum Gasteiger partial charge on any atom is -0.359 e. The smallest absolute Gasteiger partial charge is 0.242 e. The summed E-state index contributed by atoms with van der Waals surface area (Å²) in [6.07, 6.45) is 4.21. The maximum Gasteiger partial charge on any atom is 0.242 e. The minimum atomic E-state index is 0.167. The van der Waals surface area contributed by atoms with E-state index < -0.39 is 0 Å². The van der Waals surface area contributed by atoms with Gasteiger partial charge in [0.25, 0.3) is 0 Å². The summed E-state index contributed by atoms with van der Waals surface area (Å²) in [6, 6.07) is 22.8. The number of hydrogen-bond donors (Lipinski definition) is 1. The van der Waals surface area contributed by atoms with Gasteiger partial charge >= 0.3 is 0 Å². The van der Waals surface area contributed by atoms with Gasteiger partial charge in [-0.25, -0.2) is 0 Å². The van der Waals surface area contributed by atoms with Crippen molar-refractivity contribution in [3.05, 3.63) is 129 Å². The van der Waals surface area contributed by atoms with Gasteiger partial charge in [0.2, 0.25) is 6.71 Å². The molecule has 1 aliphatic rings. The third-order valence-electron chi connectivity index (χ3n) is 7.72. The number of rotatable bonds is 5. The van der Waals surface area contributed by atoms with Gasteiger partial charge in [-0.1, -0.05) is 98.3 Å². The zero-order valence-electron chi connectivity index (χ0n) is 24.0. The number of allylic oxidation sites excluding steroid dienone is 2. The fourth-order valence-electron chi connectivity index (χ4n) is 6.31. The average Bonchev–Trinajstić information content (AvgIpc) is 3.46. The van der Waals surface area contributed by atoms with E-state index in [1.807, 2.05) is 6.92 Å². The van der Waals surface area contributed by atoms with E-state index in [2.05, 4.69) is 126 Å². The molecule has 0 aliphatic carbocycles. The summed E-state index contributed by atoms with van der Waals surface area (Å²) in [5.74, 6) is 0. The fraction of sp³-hybridized carbons (Fsp3) is 0.229. The van der Waals surface area contributed by atoms with Crippen molar-refractivity contribution in [2.75, 3.05) is 0 Å². The Hall–Kier alpha value is -3.85. The molecular formula is C35H37BN2. The lowest BCUT2D eigenvalue weighted by atomic mass is 9.34. The number of benzene rings is 3. The van der Waals surface area contributed by atoms with Crippen LogP contribution in [-0.2, 0) is 0 Å². The monoisotopic (exact) mass is 496 g/mol. The maximum atomic E-state index is 4.83. The summed E-state index contributed by atoms with van der Waals surface area (Å²) < 4.78 is 0. The van der Waals surface area contributed by atoms with E-state index in [0.29, 0.717) is 0 Å². The molecule has 1 N–H and O–H groups in total. The first-order chi connectivity index (χ1) is 18.1. The van der Waals surface area contributed by atoms with Crippen LogP contribution in [0.4, 0.5) is 0 Å². The molecule has 0 fully saturated rings. The molecule has 1 aliphatic heterocycles.